The van der Waals surface area contributed by atoms with Crippen molar-refractivity contribution in [2.45, 2.75) is 32.2 Å². The number of aromatic hydroxyl groups is 1. The maximum Gasteiger partial charge on any atom is 0.241 e. The summed E-state index contributed by atoms with van der Waals surface area (Å²) in [4.78, 5) is 59.8. The van der Waals surface area contributed by atoms with E-state index >= 15 is 0 Å². The molecule has 2 aromatic carbocycles. The number of methoxy groups -OCH3 is 1. The molecule has 214 valence electrons. The third-order valence-corrected chi connectivity index (χ3v) is 10.7. The molecule has 1 N–H and O–H groups in total. The lowest BCUT2D eigenvalue weighted by Gasteiger charge is -2.49. The molecule has 1 saturated carbocycles. The number of anilines is 1. The molecule has 0 bridgehead atoms. The number of hydrogen-bond acceptors (Lipinski definition) is 7. The summed E-state index contributed by atoms with van der Waals surface area (Å²) in [7, 11) is 1.50. The van der Waals surface area contributed by atoms with Gasteiger partial charge >= 0.3 is 0 Å². The van der Waals surface area contributed by atoms with E-state index in [1.807, 2.05) is 36.6 Å². The topological polar surface area (TPSA) is 104 Å². The van der Waals surface area contributed by atoms with Crippen LogP contribution in [0.1, 0.15) is 36.1 Å². The van der Waals surface area contributed by atoms with Crippen LogP contribution in [0.3, 0.4) is 0 Å². The van der Waals surface area contributed by atoms with Crippen LogP contribution in [0.2, 0.25) is 0 Å². The Labute approximate surface area is 247 Å². The predicted octanol–water partition coefficient (Wildman–Crippen LogP) is 4.89. The lowest BCUT2D eigenvalue weighted by molar-refractivity contribution is -0.141. The Kier molecular flexibility index (Phi) is 6.13. The molecule has 3 fully saturated rings. The molecule has 2 aliphatic heterocycles. The number of phenolic OH excluding ortho intramolecular Hbond substituents is 1. The van der Waals surface area contributed by atoms with Gasteiger partial charge in [0, 0.05) is 22.4 Å². The summed E-state index contributed by atoms with van der Waals surface area (Å²) >= 11 is 1.50. The van der Waals surface area contributed by atoms with E-state index in [9.17, 15) is 24.3 Å². The number of carbonyl (C=O) groups is 4. The lowest BCUT2D eigenvalue weighted by Crippen LogP contribution is -2.49. The quantitative estimate of drug-likeness (QED) is 0.339. The number of thiophene rings is 1. The molecule has 0 spiro atoms. The number of imide groups is 2. The van der Waals surface area contributed by atoms with Crippen LogP contribution in [-0.2, 0) is 25.7 Å². The van der Waals surface area contributed by atoms with E-state index in [0.717, 1.165) is 10.5 Å². The van der Waals surface area contributed by atoms with Crippen LogP contribution in [-0.4, -0.2) is 40.7 Å². The van der Waals surface area contributed by atoms with Crippen LogP contribution in [0.5, 0.6) is 11.5 Å². The van der Waals surface area contributed by atoms with E-state index in [4.69, 9.17) is 4.74 Å². The van der Waals surface area contributed by atoms with Gasteiger partial charge in [-0.15, -0.1) is 11.3 Å². The van der Waals surface area contributed by atoms with Gasteiger partial charge in [-0.05, 0) is 55.3 Å². The van der Waals surface area contributed by atoms with Gasteiger partial charge in [-0.3, -0.25) is 24.1 Å². The Morgan fingerprint density at radius 2 is 1.76 bits per heavy atom. The van der Waals surface area contributed by atoms with Crippen molar-refractivity contribution < 1.29 is 29.0 Å². The molecule has 8 nitrogen and oxygen atoms in total. The van der Waals surface area contributed by atoms with E-state index in [1.54, 1.807) is 36.4 Å². The summed E-state index contributed by atoms with van der Waals surface area (Å²) < 4.78 is 5.70. The summed E-state index contributed by atoms with van der Waals surface area (Å²) in [6.45, 7) is 2.08. The third kappa shape index (κ3) is 3.65. The average Bonchev–Trinajstić information content (AvgIpc) is 3.65. The first-order valence-corrected chi connectivity index (χ1v) is 15.0. The van der Waals surface area contributed by atoms with Gasteiger partial charge in [-0.1, -0.05) is 42.0 Å². The maximum atomic E-state index is 14.4. The van der Waals surface area contributed by atoms with Crippen LogP contribution >= 0.6 is 11.3 Å². The second-order valence-electron chi connectivity index (χ2n) is 11.8. The first-order valence-electron chi connectivity index (χ1n) is 14.1. The van der Waals surface area contributed by atoms with E-state index in [1.165, 1.54) is 34.3 Å². The Hall–Kier alpha value is -4.24. The number of fused-ring (bicyclic) bond motifs is 4. The number of likely N-dealkylation sites (tertiary alicyclic amines) is 1. The fraction of sp³-hybridized carbons (Fsp3) is 0.333. The number of phenols is 1. The van der Waals surface area contributed by atoms with Crippen molar-refractivity contribution in [3.63, 3.8) is 0 Å². The summed E-state index contributed by atoms with van der Waals surface area (Å²) in [6, 6.07) is 17.5. The van der Waals surface area contributed by atoms with E-state index < -0.39 is 35.0 Å². The standard InChI is InChI=1S/C33H30N2O6S/c1-33-25(30(38)35(32(33)40)18-7-4-3-5-8-18)16-24-21(28(33)22-11-10-19(36)15-26(22)41-2)12-13-23-27(24)31(39)34(29(23)37)17-20-9-6-14-42-20/h3-12,14-15,23-25,27-28,36H,13,16-17H2,1-2H3. The van der Waals surface area contributed by atoms with Crippen LogP contribution in [0.15, 0.2) is 77.7 Å². The Balaban J connectivity index is 1.37. The molecule has 7 rings (SSSR count). The van der Waals surface area contributed by atoms with Gasteiger partial charge in [-0.25, -0.2) is 4.90 Å². The van der Waals surface area contributed by atoms with Gasteiger partial charge in [0.05, 0.1) is 42.5 Å². The first kappa shape index (κ1) is 26.6. The molecular weight excluding hydrogens is 552 g/mol. The number of amides is 4. The Morgan fingerprint density at radius 3 is 2.48 bits per heavy atom. The summed E-state index contributed by atoms with van der Waals surface area (Å²) in [5.41, 5.74) is 0.882. The summed E-state index contributed by atoms with van der Waals surface area (Å²) in [5, 5.41) is 12.2. The van der Waals surface area contributed by atoms with Gasteiger partial charge in [0.1, 0.15) is 11.5 Å². The average molecular weight is 583 g/mol. The molecule has 4 amide bonds. The highest BCUT2D eigenvalue weighted by atomic mass is 32.1. The van der Waals surface area contributed by atoms with Crippen molar-refractivity contribution in [3.05, 3.63) is 88.1 Å². The number of rotatable bonds is 5. The lowest BCUT2D eigenvalue weighted by atomic mass is 9.51. The smallest absolute Gasteiger partial charge is 0.241 e. The SMILES string of the molecule is COc1cc(O)ccc1C1C2=CCC3C(=O)N(Cc4cccs4)C(=O)C3C2CC2C(=O)N(c3ccccc3)C(=O)C21C. The monoisotopic (exact) mass is 582 g/mol. The highest BCUT2D eigenvalue weighted by Gasteiger charge is 2.67. The Morgan fingerprint density at radius 1 is 0.976 bits per heavy atom. The van der Waals surface area contributed by atoms with Gasteiger partial charge in [-0.2, -0.15) is 0 Å². The number of para-hydroxylation sites is 1. The van der Waals surface area contributed by atoms with Gasteiger partial charge in [0.25, 0.3) is 0 Å². The molecule has 2 saturated heterocycles. The van der Waals surface area contributed by atoms with Crippen LogP contribution in [0.25, 0.3) is 0 Å². The molecule has 2 aliphatic carbocycles. The first-order chi connectivity index (χ1) is 20.3. The maximum absolute atomic E-state index is 14.4. The van der Waals surface area contributed by atoms with Crippen molar-refractivity contribution in [1.29, 1.82) is 0 Å². The zero-order valence-corrected chi connectivity index (χ0v) is 24.0. The van der Waals surface area contributed by atoms with Gasteiger partial charge in [0.15, 0.2) is 0 Å². The molecular formula is C33H30N2O6S. The normalized spacial score (nSPS) is 30.2. The number of ether oxygens (including phenoxy) is 1. The van der Waals surface area contributed by atoms with Crippen LogP contribution < -0.4 is 9.64 Å². The number of allylic oxidation sites excluding steroid dienone is 2. The molecule has 3 heterocycles. The van der Waals surface area contributed by atoms with Crippen molar-refractivity contribution >= 4 is 40.7 Å². The van der Waals surface area contributed by atoms with Crippen molar-refractivity contribution in [3.8, 4) is 11.5 Å². The van der Waals surface area contributed by atoms with E-state index in [-0.39, 0.29) is 35.9 Å². The third-order valence-electron chi connectivity index (χ3n) is 9.80. The zero-order chi connectivity index (χ0) is 29.3. The van der Waals surface area contributed by atoms with Crippen molar-refractivity contribution in [2.75, 3.05) is 12.0 Å². The number of benzene rings is 2. The molecule has 42 heavy (non-hydrogen) atoms. The number of carbonyl (C=O) groups excluding carboxylic acids is 4. The largest absolute Gasteiger partial charge is 0.508 e. The molecule has 3 aromatic rings. The number of hydrogen-bond donors (Lipinski definition) is 1. The molecule has 9 heteroatoms. The fourth-order valence-electron chi connectivity index (χ4n) is 7.90. The van der Waals surface area contributed by atoms with Crippen LogP contribution in [0, 0.1) is 29.1 Å². The molecule has 6 unspecified atom stereocenters. The van der Waals surface area contributed by atoms with Gasteiger partial charge < -0.3 is 9.84 Å². The Bertz CT molecular complexity index is 1650. The minimum absolute atomic E-state index is 0.0165. The minimum Gasteiger partial charge on any atom is -0.508 e. The highest BCUT2D eigenvalue weighted by Crippen LogP contribution is 2.64. The summed E-state index contributed by atoms with van der Waals surface area (Å²) in [5.74, 6) is -3.42. The minimum atomic E-state index is -1.17. The molecule has 0 radical (unpaired) electrons. The van der Waals surface area contributed by atoms with Crippen LogP contribution in [0.4, 0.5) is 5.69 Å². The summed E-state index contributed by atoms with van der Waals surface area (Å²) in [6.07, 6.45) is 2.69. The zero-order valence-electron chi connectivity index (χ0n) is 23.2. The van der Waals surface area contributed by atoms with Gasteiger partial charge in [0.2, 0.25) is 23.6 Å². The number of nitrogens with zero attached hydrogens (tertiary/aromatic N) is 2. The fourth-order valence-corrected chi connectivity index (χ4v) is 8.59. The van der Waals surface area contributed by atoms with Crippen molar-refractivity contribution in [2.24, 2.45) is 29.1 Å². The second-order valence-corrected chi connectivity index (χ2v) is 12.8. The molecule has 6 atom stereocenters. The molecule has 1 aromatic heterocycles. The molecule has 4 aliphatic rings. The van der Waals surface area contributed by atoms with E-state index in [2.05, 4.69) is 0 Å². The van der Waals surface area contributed by atoms with Crippen molar-refractivity contribution in [1.82, 2.24) is 4.90 Å². The van der Waals surface area contributed by atoms with E-state index in [0.29, 0.717) is 29.8 Å². The second kappa shape index (κ2) is 9.66. The predicted molar refractivity (Wildman–Crippen MR) is 156 cm³/mol. The highest BCUT2D eigenvalue weighted by molar-refractivity contribution is 7.09.